The summed E-state index contributed by atoms with van der Waals surface area (Å²) in [6.45, 7) is 1.77. The molecule has 1 aliphatic carbocycles. The molecule has 1 aliphatic rings. The maximum Gasteiger partial charge on any atom is 0.326 e. The third kappa shape index (κ3) is 3.91. The van der Waals surface area contributed by atoms with Crippen LogP contribution < -0.4 is 11.1 Å². The van der Waals surface area contributed by atoms with Crippen LogP contribution in [0.5, 0.6) is 0 Å². The van der Waals surface area contributed by atoms with Gasteiger partial charge >= 0.3 is 5.97 Å². The molecule has 7 heteroatoms. The molecule has 0 bridgehead atoms. The molecule has 1 aromatic rings. The van der Waals surface area contributed by atoms with Gasteiger partial charge in [-0.25, -0.2) is 4.98 Å². The summed E-state index contributed by atoms with van der Waals surface area (Å²) in [7, 11) is 2.16. The van der Waals surface area contributed by atoms with Gasteiger partial charge in [0.05, 0.1) is 5.69 Å². The smallest absolute Gasteiger partial charge is 0.326 e. The van der Waals surface area contributed by atoms with E-state index < -0.39 is 12.0 Å². The summed E-state index contributed by atoms with van der Waals surface area (Å²) in [6, 6.07) is -0.327. The fraction of sp³-hybridized carbons (Fsp3) is 0.692. The monoisotopic (exact) mass is 298 g/mol. The highest BCUT2D eigenvalue weighted by molar-refractivity contribution is 7.13. The van der Waals surface area contributed by atoms with Gasteiger partial charge in [-0.15, -0.1) is 11.3 Å². The summed E-state index contributed by atoms with van der Waals surface area (Å²) >= 11 is 1.40. The predicted molar refractivity (Wildman–Crippen MR) is 80.1 cm³/mol. The van der Waals surface area contributed by atoms with Crippen molar-refractivity contribution in [2.45, 2.75) is 37.8 Å². The first-order valence-corrected chi connectivity index (χ1v) is 7.84. The number of thiazole rings is 1. The van der Waals surface area contributed by atoms with E-state index in [9.17, 15) is 4.79 Å². The van der Waals surface area contributed by atoms with Gasteiger partial charge in [0.1, 0.15) is 6.04 Å². The van der Waals surface area contributed by atoms with Crippen molar-refractivity contribution < 1.29 is 9.90 Å². The summed E-state index contributed by atoms with van der Waals surface area (Å²) in [5.41, 5.74) is 5.93. The van der Waals surface area contributed by atoms with E-state index in [0.29, 0.717) is 11.7 Å². The van der Waals surface area contributed by atoms with E-state index in [-0.39, 0.29) is 0 Å². The number of nitrogens with one attached hydrogen (secondary N) is 1. The SMILES string of the molecule is CN(CCNc1nc(C(N)C(=O)O)cs1)C1CCCC1. The Balaban J connectivity index is 1.75. The van der Waals surface area contributed by atoms with Crippen LogP contribution in [0.4, 0.5) is 5.13 Å². The van der Waals surface area contributed by atoms with Gasteiger partial charge in [-0.3, -0.25) is 4.79 Å². The van der Waals surface area contributed by atoms with Crippen molar-refractivity contribution >= 4 is 22.4 Å². The highest BCUT2D eigenvalue weighted by Crippen LogP contribution is 2.22. The van der Waals surface area contributed by atoms with E-state index in [4.69, 9.17) is 10.8 Å². The molecule has 6 nitrogen and oxygen atoms in total. The number of hydrogen-bond donors (Lipinski definition) is 3. The van der Waals surface area contributed by atoms with Crippen molar-refractivity contribution in [3.05, 3.63) is 11.1 Å². The molecule has 20 heavy (non-hydrogen) atoms. The number of carbonyl (C=O) groups is 1. The molecule has 2 rings (SSSR count). The van der Waals surface area contributed by atoms with Crippen LogP contribution in [-0.2, 0) is 4.79 Å². The molecule has 1 aromatic heterocycles. The standard InChI is InChI=1S/C13H22N4O2S/c1-17(9-4-2-3-5-9)7-6-15-13-16-10(8-20-13)11(14)12(18)19/h8-9,11H,2-7,14H2,1H3,(H,15,16)(H,18,19). The minimum absolute atomic E-state index is 0.411. The molecule has 1 fully saturated rings. The van der Waals surface area contributed by atoms with Crippen LogP contribution in [0.15, 0.2) is 5.38 Å². The first-order chi connectivity index (χ1) is 9.58. The number of aliphatic carboxylic acids is 1. The summed E-state index contributed by atoms with van der Waals surface area (Å²) < 4.78 is 0. The first-order valence-electron chi connectivity index (χ1n) is 6.96. The fourth-order valence-electron chi connectivity index (χ4n) is 2.50. The molecule has 0 aliphatic heterocycles. The van der Waals surface area contributed by atoms with Crippen molar-refractivity contribution in [3.63, 3.8) is 0 Å². The van der Waals surface area contributed by atoms with Crippen LogP contribution in [0.1, 0.15) is 37.4 Å². The molecular weight excluding hydrogens is 276 g/mol. The van der Waals surface area contributed by atoms with E-state index in [0.717, 1.165) is 18.2 Å². The van der Waals surface area contributed by atoms with Crippen LogP contribution in [0.2, 0.25) is 0 Å². The van der Waals surface area contributed by atoms with Gasteiger partial charge < -0.3 is 21.1 Å². The Kier molecular flexibility index (Phi) is 5.33. The number of nitrogens with two attached hydrogens (primary N) is 1. The van der Waals surface area contributed by atoms with Crippen molar-refractivity contribution in [1.29, 1.82) is 0 Å². The molecule has 112 valence electrons. The number of rotatable bonds is 7. The average Bonchev–Trinajstić information content (AvgIpc) is 3.09. The molecule has 0 radical (unpaired) electrons. The second-order valence-corrected chi connectivity index (χ2v) is 6.10. The third-order valence-corrected chi connectivity index (χ3v) is 4.61. The highest BCUT2D eigenvalue weighted by atomic mass is 32.1. The largest absolute Gasteiger partial charge is 0.480 e. The van der Waals surface area contributed by atoms with Gasteiger partial charge in [0.15, 0.2) is 5.13 Å². The fourth-order valence-corrected chi connectivity index (χ4v) is 3.28. The summed E-state index contributed by atoms with van der Waals surface area (Å²) in [5, 5.41) is 14.5. The lowest BCUT2D eigenvalue weighted by atomic mass is 10.2. The number of nitrogens with zero attached hydrogens (tertiary/aromatic N) is 2. The second-order valence-electron chi connectivity index (χ2n) is 5.24. The maximum absolute atomic E-state index is 10.8. The van der Waals surface area contributed by atoms with Crippen LogP contribution >= 0.6 is 11.3 Å². The van der Waals surface area contributed by atoms with Crippen molar-refractivity contribution in [2.75, 3.05) is 25.5 Å². The minimum Gasteiger partial charge on any atom is -0.480 e. The van der Waals surface area contributed by atoms with Gasteiger partial charge in [0.2, 0.25) is 0 Å². The lowest BCUT2D eigenvalue weighted by molar-refractivity contribution is -0.138. The molecule has 4 N–H and O–H groups in total. The van der Waals surface area contributed by atoms with Crippen molar-refractivity contribution in [2.24, 2.45) is 5.73 Å². The van der Waals surface area contributed by atoms with Gasteiger partial charge in [0, 0.05) is 24.5 Å². The lowest BCUT2D eigenvalue weighted by Gasteiger charge is -2.23. The maximum atomic E-state index is 10.8. The van der Waals surface area contributed by atoms with Crippen LogP contribution in [0, 0.1) is 0 Å². The van der Waals surface area contributed by atoms with E-state index in [1.54, 1.807) is 5.38 Å². The Morgan fingerprint density at radius 3 is 3.00 bits per heavy atom. The lowest BCUT2D eigenvalue weighted by Crippen LogP contribution is -2.33. The minimum atomic E-state index is -1.05. The molecule has 0 spiro atoms. The normalized spacial score (nSPS) is 17.6. The molecule has 1 atom stereocenters. The molecule has 0 aromatic carbocycles. The number of carboxylic acid groups (broad SMARTS) is 1. The third-order valence-electron chi connectivity index (χ3n) is 3.80. The number of hydrogen-bond acceptors (Lipinski definition) is 6. The molecule has 1 saturated carbocycles. The zero-order chi connectivity index (χ0) is 14.5. The molecule has 1 heterocycles. The predicted octanol–water partition coefficient (Wildman–Crippen LogP) is 1.51. The Morgan fingerprint density at radius 1 is 1.65 bits per heavy atom. The van der Waals surface area contributed by atoms with Crippen molar-refractivity contribution in [1.82, 2.24) is 9.88 Å². The summed E-state index contributed by atoms with van der Waals surface area (Å²) in [5.74, 6) is -1.05. The van der Waals surface area contributed by atoms with Gasteiger partial charge in [0.25, 0.3) is 0 Å². The Hall–Kier alpha value is -1.18. The van der Waals surface area contributed by atoms with Crippen molar-refractivity contribution in [3.8, 4) is 0 Å². The topological polar surface area (TPSA) is 91.5 Å². The molecule has 1 unspecified atom stereocenters. The number of likely N-dealkylation sites (N-methyl/N-ethyl adjacent to an activating group) is 1. The molecule has 0 amide bonds. The molecular formula is C13H22N4O2S. The number of aromatic nitrogens is 1. The first kappa shape index (κ1) is 15.2. The second kappa shape index (κ2) is 7.01. The van der Waals surface area contributed by atoms with E-state index in [1.165, 1.54) is 37.0 Å². The van der Waals surface area contributed by atoms with E-state index in [1.807, 2.05) is 0 Å². The van der Waals surface area contributed by atoms with E-state index >= 15 is 0 Å². The van der Waals surface area contributed by atoms with Crippen LogP contribution in [0.3, 0.4) is 0 Å². The van der Waals surface area contributed by atoms with Crippen LogP contribution in [0.25, 0.3) is 0 Å². The molecule has 0 saturated heterocycles. The number of anilines is 1. The highest BCUT2D eigenvalue weighted by Gasteiger charge is 2.19. The van der Waals surface area contributed by atoms with Gasteiger partial charge in [-0.2, -0.15) is 0 Å². The zero-order valence-corrected chi connectivity index (χ0v) is 12.5. The summed E-state index contributed by atoms with van der Waals surface area (Å²) in [4.78, 5) is 17.4. The van der Waals surface area contributed by atoms with Crippen LogP contribution in [-0.4, -0.2) is 47.1 Å². The average molecular weight is 298 g/mol. The Morgan fingerprint density at radius 2 is 2.35 bits per heavy atom. The Labute approximate surface area is 123 Å². The quantitative estimate of drug-likeness (QED) is 0.707. The Bertz CT molecular complexity index is 445. The van der Waals surface area contributed by atoms with E-state index in [2.05, 4.69) is 22.2 Å². The van der Waals surface area contributed by atoms with Gasteiger partial charge in [-0.05, 0) is 19.9 Å². The van der Waals surface area contributed by atoms with Gasteiger partial charge in [-0.1, -0.05) is 12.8 Å². The number of carboxylic acids is 1. The summed E-state index contributed by atoms with van der Waals surface area (Å²) in [6.07, 6.45) is 5.27. The zero-order valence-electron chi connectivity index (χ0n) is 11.7.